The number of halogens is 5. The molecule has 2 unspecified atom stereocenters. The van der Waals surface area contributed by atoms with Crippen molar-refractivity contribution in [3.05, 3.63) is 292 Å². The van der Waals surface area contributed by atoms with Crippen LogP contribution in [-0.4, -0.2) is 70.6 Å². The first kappa shape index (κ1) is 76.4. The van der Waals surface area contributed by atoms with Crippen LogP contribution in [0.15, 0.2) is 218 Å². The molecule has 0 amide bonds. The lowest BCUT2D eigenvalue weighted by molar-refractivity contribution is 0.100. The topological polar surface area (TPSA) is 229 Å². The molecule has 0 saturated heterocycles. The molecular formula is C78H77F5N6O12. The lowest BCUT2D eigenvalue weighted by Crippen LogP contribution is -2.11. The van der Waals surface area contributed by atoms with E-state index in [9.17, 15) is 31.5 Å². The number of phenols is 1. The van der Waals surface area contributed by atoms with Crippen LogP contribution in [0.25, 0.3) is 5.65 Å². The van der Waals surface area contributed by atoms with E-state index in [0.717, 1.165) is 69.1 Å². The highest BCUT2D eigenvalue weighted by Gasteiger charge is 2.17. The molecule has 9 aromatic carbocycles. The van der Waals surface area contributed by atoms with Crippen molar-refractivity contribution in [3.8, 4) is 51.7 Å². The first-order valence-corrected chi connectivity index (χ1v) is 31.3. The van der Waals surface area contributed by atoms with Crippen molar-refractivity contribution < 1.29 is 79.7 Å². The second-order valence-electron chi connectivity index (χ2n) is 22.3. The fourth-order valence-corrected chi connectivity index (χ4v) is 9.38. The third-order valence-electron chi connectivity index (χ3n) is 14.9. The number of fused-ring (bicyclic) bond motifs is 1. The Labute approximate surface area is 581 Å². The molecule has 0 aliphatic carbocycles. The molecule has 2 aromatic heterocycles. The fraction of sp³-hybridized carbons (Fsp3) is 0.192. The van der Waals surface area contributed by atoms with Crippen LogP contribution in [0.3, 0.4) is 0 Å². The van der Waals surface area contributed by atoms with Gasteiger partial charge in [-0.25, -0.2) is 31.5 Å². The van der Waals surface area contributed by atoms with Crippen molar-refractivity contribution in [1.29, 1.82) is 0 Å². The molecule has 0 aliphatic rings. The summed E-state index contributed by atoms with van der Waals surface area (Å²) in [6.45, 7) is 9.37. The van der Waals surface area contributed by atoms with E-state index in [1.54, 1.807) is 65.1 Å². The van der Waals surface area contributed by atoms with Crippen molar-refractivity contribution in [1.82, 2.24) is 14.6 Å². The van der Waals surface area contributed by atoms with E-state index in [1.807, 2.05) is 122 Å². The number of aromatic nitrogens is 3. The van der Waals surface area contributed by atoms with Crippen LogP contribution in [0.1, 0.15) is 106 Å². The van der Waals surface area contributed by atoms with Crippen LogP contribution < -0.4 is 48.9 Å². The Morgan fingerprint density at radius 1 is 0.475 bits per heavy atom. The molecule has 11 rings (SSSR count). The number of oxime groups is 1. The summed E-state index contributed by atoms with van der Waals surface area (Å²) < 4.78 is 111. The summed E-state index contributed by atoms with van der Waals surface area (Å²) in [6.07, 6.45) is 3.51. The zero-order valence-corrected chi connectivity index (χ0v) is 56.9. The molecule has 18 nitrogen and oxygen atoms in total. The Morgan fingerprint density at radius 2 is 0.832 bits per heavy atom. The van der Waals surface area contributed by atoms with Crippen LogP contribution in [0.2, 0.25) is 0 Å². The van der Waals surface area contributed by atoms with Gasteiger partial charge < -0.3 is 59.3 Å². The van der Waals surface area contributed by atoms with Gasteiger partial charge >= 0.3 is 0 Å². The quantitative estimate of drug-likeness (QED) is 0.0153. The van der Waals surface area contributed by atoms with Gasteiger partial charge in [-0.05, 0) is 202 Å². The Morgan fingerprint density at radius 3 is 1.23 bits per heavy atom. The average molecular weight is 1390 g/mol. The number of methoxy groups -OCH3 is 4. The van der Waals surface area contributed by atoms with Crippen molar-refractivity contribution >= 4 is 28.7 Å². The van der Waals surface area contributed by atoms with Crippen LogP contribution in [0.5, 0.6) is 51.7 Å². The van der Waals surface area contributed by atoms with Gasteiger partial charge in [-0.1, -0.05) is 53.7 Å². The van der Waals surface area contributed by atoms with Gasteiger partial charge in [0.15, 0.2) is 17.2 Å². The molecule has 0 saturated carbocycles. The Hall–Kier alpha value is -12.0. The number of hydrogen-bond donors (Lipinski definition) is 4. The number of benzene rings is 9. The first-order valence-electron chi connectivity index (χ1n) is 31.3. The highest BCUT2D eigenvalue weighted by Crippen LogP contribution is 2.31. The largest absolute Gasteiger partial charge is 0.507 e. The minimum absolute atomic E-state index is 0.0185. The summed E-state index contributed by atoms with van der Waals surface area (Å²) in [6, 6.07) is 53.4. The number of nitrogens with one attached hydrogen (secondary N) is 1. The predicted octanol–water partition coefficient (Wildman–Crippen LogP) is 17.0. The van der Waals surface area contributed by atoms with E-state index in [1.165, 1.54) is 74.5 Å². The number of nitrogens with zero attached hydrogens (tertiary/aromatic N) is 4. The normalized spacial score (nSPS) is 11.2. The summed E-state index contributed by atoms with van der Waals surface area (Å²) in [5.74, 6) is 3.10. The Kier molecular flexibility index (Phi) is 28.9. The average Bonchev–Trinajstić information content (AvgIpc) is 1.81. The smallest absolute Gasteiger partial charge is 0.163 e. The molecular weight excluding hydrogens is 1310 g/mol. The van der Waals surface area contributed by atoms with E-state index in [4.69, 9.17) is 53.9 Å². The van der Waals surface area contributed by atoms with Gasteiger partial charge in [-0.15, -0.1) is 0 Å². The number of hydrogen-bond acceptors (Lipinski definition) is 17. The summed E-state index contributed by atoms with van der Waals surface area (Å²) in [4.78, 5) is 26.6. The molecule has 526 valence electrons. The SMILES string of the molecule is CC(=O)c1cc(F)ccc1O.COc1ccc(COc2ccc(F)cc2/C(C)=N\O)cc1.COc1ccc(COc2ccc(F)cc2C(C)=O)cc1.COc1ccc(COc2ccc(F)cc2C(C)N)cc1.COc1ccc(COc2ccc(F)cc2C(C)Nc2ccn3nccc3n2)cc1. The minimum atomic E-state index is -0.520. The number of rotatable bonds is 23. The zero-order valence-electron chi connectivity index (χ0n) is 56.9. The highest BCUT2D eigenvalue weighted by molar-refractivity contribution is 6.00. The number of aromatic hydroxyl groups is 1. The third kappa shape index (κ3) is 23.6. The van der Waals surface area contributed by atoms with E-state index in [0.29, 0.717) is 77.6 Å². The maximum atomic E-state index is 13.9. The van der Waals surface area contributed by atoms with Crippen LogP contribution >= 0.6 is 0 Å². The first-order chi connectivity index (χ1) is 48.6. The number of anilines is 1. The molecule has 0 aliphatic heterocycles. The third-order valence-corrected chi connectivity index (χ3v) is 14.9. The van der Waals surface area contributed by atoms with E-state index in [-0.39, 0.29) is 52.2 Å². The van der Waals surface area contributed by atoms with Crippen molar-refractivity contribution in [2.24, 2.45) is 10.9 Å². The number of carbonyl (C=O) groups excluding carboxylic acids is 2. The maximum absolute atomic E-state index is 13.9. The lowest BCUT2D eigenvalue weighted by atomic mass is 10.1. The number of phenolic OH excluding ortho intramolecular Hbond substituents is 1. The summed E-state index contributed by atoms with van der Waals surface area (Å²) in [5, 5.41) is 28.4. The summed E-state index contributed by atoms with van der Waals surface area (Å²) >= 11 is 0. The van der Waals surface area contributed by atoms with Gasteiger partial charge in [0, 0.05) is 35.0 Å². The van der Waals surface area contributed by atoms with Gasteiger partial charge in [0.25, 0.3) is 0 Å². The molecule has 11 aromatic rings. The molecule has 2 heterocycles. The molecule has 0 radical (unpaired) electrons. The number of nitrogens with two attached hydrogens (primary N) is 1. The van der Waals surface area contributed by atoms with Gasteiger partial charge in [-0.2, -0.15) is 5.10 Å². The second kappa shape index (κ2) is 38.2. The van der Waals surface area contributed by atoms with E-state index in [2.05, 4.69) is 20.6 Å². The van der Waals surface area contributed by atoms with Gasteiger partial charge in [-0.3, -0.25) is 9.59 Å². The maximum Gasteiger partial charge on any atom is 0.163 e. The molecule has 23 heteroatoms. The number of ketones is 2. The van der Waals surface area contributed by atoms with E-state index < -0.39 is 17.5 Å². The number of ether oxygens (including phenoxy) is 8. The molecule has 5 N–H and O–H groups in total. The van der Waals surface area contributed by atoms with Gasteiger partial charge in [0.1, 0.15) is 113 Å². The molecule has 101 heavy (non-hydrogen) atoms. The summed E-state index contributed by atoms with van der Waals surface area (Å²) in [7, 11) is 6.46. The molecule has 0 spiro atoms. The highest BCUT2D eigenvalue weighted by atomic mass is 19.1. The van der Waals surface area contributed by atoms with Crippen LogP contribution in [-0.2, 0) is 26.4 Å². The second-order valence-corrected chi connectivity index (χ2v) is 22.3. The molecule has 0 bridgehead atoms. The van der Waals surface area contributed by atoms with Crippen LogP contribution in [0.4, 0.5) is 27.8 Å². The fourth-order valence-electron chi connectivity index (χ4n) is 9.38. The predicted molar refractivity (Wildman–Crippen MR) is 375 cm³/mol. The van der Waals surface area contributed by atoms with Crippen LogP contribution in [0, 0.1) is 29.1 Å². The summed E-state index contributed by atoms with van der Waals surface area (Å²) in [5.41, 5.74) is 12.8. The molecule has 2 atom stereocenters. The van der Waals surface area contributed by atoms with Crippen molar-refractivity contribution in [3.63, 3.8) is 0 Å². The van der Waals surface area contributed by atoms with E-state index >= 15 is 0 Å². The number of Topliss-reactive ketones (excluding diaryl/α,β-unsaturated/α-hetero) is 2. The van der Waals surface area contributed by atoms with Gasteiger partial charge in [0.2, 0.25) is 0 Å². The van der Waals surface area contributed by atoms with Crippen molar-refractivity contribution in [2.45, 2.75) is 73.1 Å². The monoisotopic (exact) mass is 1380 g/mol. The number of carbonyl (C=O) groups is 2. The standard InChI is InChI=1S/C22H21FN4O2.C16H16FNO3.C16H18FNO2.C16H15FO3.C8H7FO2/c1-15(25-21-10-12-27-22(26-21)9-11-24-27)19-13-17(23)5-8-20(19)29-14-16-3-6-18(28-2)7-4-16;1-11(18-19)15-9-13(17)5-8-16(15)21-10-12-3-6-14(20-2)7-4-12;2*1-11(18)15-9-13(17)5-8-16(15)20-10-12-3-6-14(19-2)7-4-12;1-5(10)7-4-6(9)2-3-8(7)11/h3-13,15H,14H2,1-2H3,(H,25,26);3-9,19H,10H2,1-2H3;3-9,11H,10,18H2,1-2H3;3-9H,10H2,1-2H3;2-4,11H,1H3/b;18-11-;;;. The van der Waals surface area contributed by atoms with Crippen molar-refractivity contribution in [2.75, 3.05) is 33.8 Å². The zero-order chi connectivity index (χ0) is 73.0. The minimum Gasteiger partial charge on any atom is -0.507 e. The van der Waals surface area contributed by atoms with Gasteiger partial charge in [0.05, 0.1) is 57.5 Å². The molecule has 0 fully saturated rings. The Balaban J connectivity index is 0.000000182. The Bertz CT molecular complexity index is 4510. The lowest BCUT2D eigenvalue weighted by Gasteiger charge is -2.19.